The Labute approximate surface area is 101 Å². The van der Waals surface area contributed by atoms with Crippen LogP contribution in [-0.2, 0) is 6.42 Å². The fourth-order valence-electron chi connectivity index (χ4n) is 1.38. The Hall–Kier alpha value is -0.870. The van der Waals surface area contributed by atoms with Gasteiger partial charge in [-0.3, -0.25) is 0 Å². The van der Waals surface area contributed by atoms with Crippen molar-refractivity contribution in [2.24, 2.45) is 0 Å². The lowest BCUT2D eigenvalue weighted by atomic mass is 10.2. The third-order valence-electron chi connectivity index (χ3n) is 2.22. The second-order valence-corrected chi connectivity index (χ2v) is 4.12. The zero-order chi connectivity index (χ0) is 12.0. The number of nitrogens with zero attached hydrogens (tertiary/aromatic N) is 2. The van der Waals surface area contributed by atoms with Crippen molar-refractivity contribution in [2.45, 2.75) is 32.7 Å². The van der Waals surface area contributed by atoms with Gasteiger partial charge in [-0.2, -0.15) is 4.98 Å². The van der Waals surface area contributed by atoms with E-state index in [9.17, 15) is 0 Å². The van der Waals surface area contributed by atoms with Crippen molar-refractivity contribution >= 4 is 11.6 Å². The zero-order valence-electron chi connectivity index (χ0n) is 9.96. The summed E-state index contributed by atoms with van der Waals surface area (Å²) in [6.45, 7) is 5.25. The van der Waals surface area contributed by atoms with Gasteiger partial charge in [-0.25, -0.2) is 4.98 Å². The maximum atomic E-state index is 6.02. The van der Waals surface area contributed by atoms with E-state index in [2.05, 4.69) is 29.1 Å². The Morgan fingerprint density at radius 3 is 2.94 bits per heavy atom. The van der Waals surface area contributed by atoms with E-state index >= 15 is 0 Å². The molecular weight excluding hydrogens is 226 g/mol. The van der Waals surface area contributed by atoms with Gasteiger partial charge >= 0.3 is 6.01 Å². The molecule has 0 amide bonds. The third kappa shape index (κ3) is 3.94. The van der Waals surface area contributed by atoms with Gasteiger partial charge in [0.25, 0.3) is 0 Å². The number of methoxy groups -OCH3 is 1. The van der Waals surface area contributed by atoms with Gasteiger partial charge in [0, 0.05) is 12.5 Å². The molecule has 1 heterocycles. The molecule has 1 atom stereocenters. The molecule has 1 unspecified atom stereocenters. The van der Waals surface area contributed by atoms with E-state index in [1.165, 1.54) is 0 Å². The summed E-state index contributed by atoms with van der Waals surface area (Å²) in [7, 11) is 1.55. The van der Waals surface area contributed by atoms with E-state index in [0.29, 0.717) is 17.1 Å². The van der Waals surface area contributed by atoms with Crippen LogP contribution >= 0.6 is 11.6 Å². The first kappa shape index (κ1) is 13.2. The van der Waals surface area contributed by atoms with E-state index in [0.717, 1.165) is 25.1 Å². The molecule has 0 bridgehead atoms. The number of hydrogen-bond donors (Lipinski definition) is 1. The van der Waals surface area contributed by atoms with E-state index in [-0.39, 0.29) is 0 Å². The van der Waals surface area contributed by atoms with Crippen LogP contribution in [0.5, 0.6) is 6.01 Å². The maximum absolute atomic E-state index is 6.02. The zero-order valence-corrected chi connectivity index (χ0v) is 10.7. The minimum Gasteiger partial charge on any atom is -0.467 e. The molecule has 0 saturated heterocycles. The fraction of sp³-hybridized carbons (Fsp3) is 0.636. The van der Waals surface area contributed by atoms with Crippen LogP contribution in [0.1, 0.15) is 26.0 Å². The molecule has 0 fully saturated rings. The standard InChI is InChI=1S/C11H18ClN3O/c1-4-5-13-8(2)6-10-9(12)7-14-11(15-10)16-3/h7-8,13H,4-6H2,1-3H3. The largest absolute Gasteiger partial charge is 0.467 e. The average Bonchev–Trinajstić information content (AvgIpc) is 2.29. The molecule has 16 heavy (non-hydrogen) atoms. The van der Waals surface area contributed by atoms with Crippen LogP contribution in [0.15, 0.2) is 6.20 Å². The van der Waals surface area contributed by atoms with Crippen LogP contribution in [0, 0.1) is 0 Å². The number of rotatable bonds is 6. The Morgan fingerprint density at radius 1 is 1.56 bits per heavy atom. The highest BCUT2D eigenvalue weighted by atomic mass is 35.5. The minimum absolute atomic E-state index is 0.344. The number of ether oxygens (including phenoxy) is 1. The van der Waals surface area contributed by atoms with Crippen molar-refractivity contribution in [2.75, 3.05) is 13.7 Å². The predicted molar refractivity (Wildman–Crippen MR) is 65.1 cm³/mol. The molecule has 0 aliphatic rings. The summed E-state index contributed by atoms with van der Waals surface area (Å²) in [6.07, 6.45) is 3.47. The van der Waals surface area contributed by atoms with E-state index in [4.69, 9.17) is 16.3 Å². The van der Waals surface area contributed by atoms with E-state index < -0.39 is 0 Å². The van der Waals surface area contributed by atoms with Gasteiger partial charge in [-0.1, -0.05) is 18.5 Å². The first-order valence-electron chi connectivity index (χ1n) is 5.46. The fourth-order valence-corrected chi connectivity index (χ4v) is 1.55. The summed E-state index contributed by atoms with van der Waals surface area (Å²) < 4.78 is 4.97. The van der Waals surface area contributed by atoms with Crippen molar-refractivity contribution < 1.29 is 4.74 Å². The first-order valence-corrected chi connectivity index (χ1v) is 5.84. The molecular formula is C11H18ClN3O. The second-order valence-electron chi connectivity index (χ2n) is 3.71. The van der Waals surface area contributed by atoms with Crippen molar-refractivity contribution in [3.05, 3.63) is 16.9 Å². The molecule has 1 aromatic rings. The van der Waals surface area contributed by atoms with Crippen molar-refractivity contribution in [1.82, 2.24) is 15.3 Å². The summed E-state index contributed by atoms with van der Waals surface area (Å²) in [5.74, 6) is 0. The SMILES string of the molecule is CCCNC(C)Cc1nc(OC)ncc1Cl. The minimum atomic E-state index is 0.344. The normalized spacial score (nSPS) is 12.5. The lowest BCUT2D eigenvalue weighted by Gasteiger charge is -2.13. The average molecular weight is 244 g/mol. The summed E-state index contributed by atoms with van der Waals surface area (Å²) in [6, 6.07) is 0.708. The highest BCUT2D eigenvalue weighted by Gasteiger charge is 2.09. The van der Waals surface area contributed by atoms with E-state index in [1.54, 1.807) is 13.3 Å². The molecule has 1 rings (SSSR count). The quantitative estimate of drug-likeness (QED) is 0.831. The molecule has 5 heteroatoms. The Bertz CT molecular complexity index is 333. The monoisotopic (exact) mass is 243 g/mol. The highest BCUT2D eigenvalue weighted by Crippen LogP contribution is 2.16. The van der Waals surface area contributed by atoms with Gasteiger partial charge in [0.2, 0.25) is 0 Å². The lowest BCUT2D eigenvalue weighted by molar-refractivity contribution is 0.377. The summed E-state index contributed by atoms with van der Waals surface area (Å²) in [5, 5.41) is 3.97. The van der Waals surface area contributed by atoms with Crippen LogP contribution in [0.4, 0.5) is 0 Å². The molecule has 1 aromatic heterocycles. The molecule has 0 spiro atoms. The molecule has 90 valence electrons. The second kappa shape index (κ2) is 6.66. The molecule has 1 N–H and O–H groups in total. The summed E-state index contributed by atoms with van der Waals surface area (Å²) >= 11 is 6.02. The summed E-state index contributed by atoms with van der Waals surface area (Å²) in [5.41, 5.74) is 0.824. The van der Waals surface area contributed by atoms with Gasteiger partial charge in [-0.05, 0) is 19.9 Å². The van der Waals surface area contributed by atoms with Gasteiger partial charge in [0.05, 0.1) is 24.0 Å². The van der Waals surface area contributed by atoms with Gasteiger partial charge in [0.15, 0.2) is 0 Å². The number of nitrogens with one attached hydrogen (secondary N) is 1. The van der Waals surface area contributed by atoms with Gasteiger partial charge in [0.1, 0.15) is 0 Å². The number of hydrogen-bond acceptors (Lipinski definition) is 4. The maximum Gasteiger partial charge on any atom is 0.316 e. The topological polar surface area (TPSA) is 47.0 Å². The van der Waals surface area contributed by atoms with E-state index in [1.807, 2.05) is 0 Å². The molecule has 0 saturated carbocycles. The van der Waals surface area contributed by atoms with Gasteiger partial charge in [-0.15, -0.1) is 0 Å². The summed E-state index contributed by atoms with van der Waals surface area (Å²) in [4.78, 5) is 8.17. The van der Waals surface area contributed by atoms with Crippen LogP contribution in [0.25, 0.3) is 0 Å². The highest BCUT2D eigenvalue weighted by molar-refractivity contribution is 6.31. The number of halogens is 1. The van der Waals surface area contributed by atoms with Crippen LogP contribution < -0.4 is 10.1 Å². The smallest absolute Gasteiger partial charge is 0.316 e. The number of aromatic nitrogens is 2. The van der Waals surface area contributed by atoms with Crippen molar-refractivity contribution in [1.29, 1.82) is 0 Å². The molecule has 0 aliphatic heterocycles. The van der Waals surface area contributed by atoms with Crippen LogP contribution in [0.3, 0.4) is 0 Å². The molecule has 4 nitrogen and oxygen atoms in total. The molecule has 0 radical (unpaired) electrons. The first-order chi connectivity index (χ1) is 7.67. The Balaban J connectivity index is 2.64. The van der Waals surface area contributed by atoms with Crippen molar-refractivity contribution in [3.63, 3.8) is 0 Å². The lowest BCUT2D eigenvalue weighted by Crippen LogP contribution is -2.29. The molecule has 0 aromatic carbocycles. The van der Waals surface area contributed by atoms with Crippen LogP contribution in [0.2, 0.25) is 5.02 Å². The third-order valence-corrected chi connectivity index (χ3v) is 2.54. The Morgan fingerprint density at radius 2 is 2.31 bits per heavy atom. The van der Waals surface area contributed by atoms with Gasteiger partial charge < -0.3 is 10.1 Å². The molecule has 0 aliphatic carbocycles. The predicted octanol–water partition coefficient (Wildman–Crippen LogP) is 2.07. The van der Waals surface area contributed by atoms with Crippen molar-refractivity contribution in [3.8, 4) is 6.01 Å². The van der Waals surface area contributed by atoms with Crippen LogP contribution in [-0.4, -0.2) is 29.7 Å². The Kier molecular flexibility index (Phi) is 5.49.